The molecule has 1 aliphatic heterocycles. The summed E-state index contributed by atoms with van der Waals surface area (Å²) < 4.78 is 35.8. The van der Waals surface area contributed by atoms with Gasteiger partial charge in [0.2, 0.25) is 10.0 Å². The minimum absolute atomic E-state index is 0.139. The smallest absolute Gasteiger partial charge is 0.262 e. The molecule has 0 spiro atoms. The van der Waals surface area contributed by atoms with E-state index in [0.29, 0.717) is 29.4 Å². The largest absolute Gasteiger partial charge is 0.497 e. The summed E-state index contributed by atoms with van der Waals surface area (Å²) in [6.45, 7) is 0.339. The Bertz CT molecular complexity index is 943. The molecule has 0 atom stereocenters. The highest BCUT2D eigenvalue weighted by Crippen LogP contribution is 2.31. The second kappa shape index (κ2) is 7.87. The van der Waals surface area contributed by atoms with Gasteiger partial charge in [0.1, 0.15) is 11.5 Å². The molecule has 1 amide bonds. The van der Waals surface area contributed by atoms with Crippen molar-refractivity contribution in [3.05, 3.63) is 48.0 Å². The number of hydrogen-bond acceptors (Lipinski definition) is 5. The first kappa shape index (κ1) is 19.0. The SMILES string of the molecule is COc1cccc(OCC(=O)Nc2ccc3c(c2)CCCN3S(C)(=O)=O)c1. The van der Waals surface area contributed by atoms with Crippen LogP contribution in [0, 0.1) is 0 Å². The van der Waals surface area contributed by atoms with E-state index in [-0.39, 0.29) is 12.5 Å². The maximum Gasteiger partial charge on any atom is 0.262 e. The molecule has 0 radical (unpaired) electrons. The normalized spacial score (nSPS) is 13.6. The van der Waals surface area contributed by atoms with Crippen LogP contribution in [0.5, 0.6) is 11.5 Å². The molecule has 2 aromatic carbocycles. The number of nitrogens with one attached hydrogen (secondary N) is 1. The molecule has 8 heteroatoms. The van der Waals surface area contributed by atoms with Crippen LogP contribution < -0.4 is 19.1 Å². The van der Waals surface area contributed by atoms with Crippen molar-refractivity contribution < 1.29 is 22.7 Å². The van der Waals surface area contributed by atoms with Gasteiger partial charge in [0.15, 0.2) is 6.61 Å². The Balaban J connectivity index is 1.65. The van der Waals surface area contributed by atoms with E-state index in [2.05, 4.69) is 5.32 Å². The van der Waals surface area contributed by atoms with E-state index in [1.54, 1.807) is 43.5 Å². The molecule has 0 saturated carbocycles. The number of hydrogen-bond donors (Lipinski definition) is 1. The van der Waals surface area contributed by atoms with Gasteiger partial charge < -0.3 is 14.8 Å². The maximum absolute atomic E-state index is 12.2. The van der Waals surface area contributed by atoms with Crippen LogP contribution in [0.2, 0.25) is 0 Å². The molecule has 0 fully saturated rings. The lowest BCUT2D eigenvalue weighted by Gasteiger charge is -2.29. The van der Waals surface area contributed by atoms with Crippen LogP contribution in [0.4, 0.5) is 11.4 Å². The number of benzene rings is 2. The molecular weight excluding hydrogens is 368 g/mol. The van der Waals surface area contributed by atoms with E-state index in [0.717, 1.165) is 18.4 Å². The first-order chi connectivity index (χ1) is 12.9. The lowest BCUT2D eigenvalue weighted by Crippen LogP contribution is -2.34. The monoisotopic (exact) mass is 390 g/mol. The van der Waals surface area contributed by atoms with Gasteiger partial charge in [-0.1, -0.05) is 6.07 Å². The van der Waals surface area contributed by atoms with Crippen molar-refractivity contribution in [1.82, 2.24) is 0 Å². The summed E-state index contributed by atoms with van der Waals surface area (Å²) in [7, 11) is -1.74. The summed E-state index contributed by atoms with van der Waals surface area (Å²) in [6, 6.07) is 12.3. The van der Waals surface area contributed by atoms with Crippen molar-refractivity contribution in [2.24, 2.45) is 0 Å². The Morgan fingerprint density at radius 3 is 2.70 bits per heavy atom. The number of carbonyl (C=O) groups excluding carboxylic acids is 1. The molecule has 144 valence electrons. The Kier molecular flexibility index (Phi) is 5.55. The number of aryl methyl sites for hydroxylation is 1. The van der Waals surface area contributed by atoms with Gasteiger partial charge >= 0.3 is 0 Å². The van der Waals surface area contributed by atoms with Gasteiger partial charge in [-0.05, 0) is 48.7 Å². The van der Waals surface area contributed by atoms with E-state index in [1.807, 2.05) is 6.07 Å². The van der Waals surface area contributed by atoms with Crippen molar-refractivity contribution in [2.75, 3.05) is 36.1 Å². The molecule has 0 saturated heterocycles. The van der Waals surface area contributed by atoms with E-state index in [4.69, 9.17) is 9.47 Å². The molecule has 1 heterocycles. The molecule has 0 aliphatic carbocycles. The summed E-state index contributed by atoms with van der Waals surface area (Å²) in [5.41, 5.74) is 2.19. The number of methoxy groups -OCH3 is 1. The summed E-state index contributed by atoms with van der Waals surface area (Å²) >= 11 is 0. The lowest BCUT2D eigenvalue weighted by molar-refractivity contribution is -0.118. The van der Waals surface area contributed by atoms with Gasteiger partial charge in [-0.3, -0.25) is 9.10 Å². The molecule has 0 bridgehead atoms. The van der Waals surface area contributed by atoms with Crippen LogP contribution in [0.1, 0.15) is 12.0 Å². The van der Waals surface area contributed by atoms with Gasteiger partial charge in [0.05, 0.1) is 19.1 Å². The number of sulfonamides is 1. The zero-order valence-electron chi connectivity index (χ0n) is 15.3. The quantitative estimate of drug-likeness (QED) is 0.819. The van der Waals surface area contributed by atoms with E-state index in [1.165, 1.54) is 10.6 Å². The Morgan fingerprint density at radius 2 is 1.96 bits per heavy atom. The number of rotatable bonds is 6. The topological polar surface area (TPSA) is 84.9 Å². The minimum atomic E-state index is -3.30. The molecule has 1 N–H and O–H groups in total. The van der Waals surface area contributed by atoms with Crippen LogP contribution in [-0.2, 0) is 21.2 Å². The predicted octanol–water partition coefficient (Wildman–Crippen LogP) is 2.42. The summed E-state index contributed by atoms with van der Waals surface area (Å²) in [5.74, 6) is 0.894. The molecule has 7 nitrogen and oxygen atoms in total. The van der Waals surface area contributed by atoms with Gasteiger partial charge in [0, 0.05) is 18.3 Å². The number of amides is 1. The molecule has 0 aromatic heterocycles. The molecular formula is C19H22N2O5S. The molecule has 2 aromatic rings. The van der Waals surface area contributed by atoms with Gasteiger partial charge in [-0.15, -0.1) is 0 Å². The van der Waals surface area contributed by atoms with Crippen molar-refractivity contribution >= 4 is 27.3 Å². The molecule has 27 heavy (non-hydrogen) atoms. The fraction of sp³-hybridized carbons (Fsp3) is 0.316. The van der Waals surface area contributed by atoms with E-state index < -0.39 is 10.0 Å². The molecule has 0 unspecified atom stereocenters. The average molecular weight is 390 g/mol. The number of ether oxygens (including phenoxy) is 2. The maximum atomic E-state index is 12.2. The summed E-state index contributed by atoms with van der Waals surface area (Å²) in [4.78, 5) is 12.2. The Morgan fingerprint density at radius 1 is 1.19 bits per heavy atom. The Hall–Kier alpha value is -2.74. The van der Waals surface area contributed by atoms with Crippen molar-refractivity contribution in [3.8, 4) is 11.5 Å². The molecule has 1 aliphatic rings. The second-order valence-electron chi connectivity index (χ2n) is 6.30. The number of anilines is 2. The first-order valence-electron chi connectivity index (χ1n) is 8.54. The van der Waals surface area contributed by atoms with Crippen LogP contribution in [0.15, 0.2) is 42.5 Å². The average Bonchev–Trinajstić information content (AvgIpc) is 2.65. The van der Waals surface area contributed by atoms with Crippen LogP contribution in [0.25, 0.3) is 0 Å². The first-order valence-corrected chi connectivity index (χ1v) is 10.4. The lowest BCUT2D eigenvalue weighted by atomic mass is 10.0. The number of nitrogens with zero attached hydrogens (tertiary/aromatic N) is 1. The second-order valence-corrected chi connectivity index (χ2v) is 8.20. The predicted molar refractivity (Wildman–Crippen MR) is 104 cm³/mol. The van der Waals surface area contributed by atoms with Crippen LogP contribution >= 0.6 is 0 Å². The number of carbonyl (C=O) groups is 1. The zero-order chi connectivity index (χ0) is 19.4. The van der Waals surface area contributed by atoms with Crippen LogP contribution in [0.3, 0.4) is 0 Å². The Labute approximate surface area is 158 Å². The van der Waals surface area contributed by atoms with Crippen molar-refractivity contribution in [3.63, 3.8) is 0 Å². The summed E-state index contributed by atoms with van der Waals surface area (Å²) in [6.07, 6.45) is 2.72. The van der Waals surface area contributed by atoms with Crippen molar-refractivity contribution in [1.29, 1.82) is 0 Å². The zero-order valence-corrected chi connectivity index (χ0v) is 16.1. The van der Waals surface area contributed by atoms with Gasteiger partial charge in [-0.25, -0.2) is 8.42 Å². The number of fused-ring (bicyclic) bond motifs is 1. The third-order valence-electron chi connectivity index (χ3n) is 4.25. The van der Waals surface area contributed by atoms with Crippen molar-refractivity contribution in [2.45, 2.75) is 12.8 Å². The standard InChI is InChI=1S/C19H22N2O5S/c1-25-16-6-3-7-17(12-16)26-13-19(22)20-15-8-9-18-14(11-15)5-4-10-21(18)27(2,23)24/h3,6-9,11-12H,4-5,10,13H2,1-2H3,(H,20,22). The third kappa shape index (κ3) is 4.71. The van der Waals surface area contributed by atoms with E-state index in [9.17, 15) is 13.2 Å². The third-order valence-corrected chi connectivity index (χ3v) is 5.43. The highest BCUT2D eigenvalue weighted by molar-refractivity contribution is 7.92. The summed E-state index contributed by atoms with van der Waals surface area (Å²) in [5, 5.41) is 2.78. The van der Waals surface area contributed by atoms with Gasteiger partial charge in [-0.2, -0.15) is 0 Å². The highest BCUT2D eigenvalue weighted by Gasteiger charge is 2.24. The molecule has 3 rings (SSSR count). The fourth-order valence-electron chi connectivity index (χ4n) is 3.02. The fourth-order valence-corrected chi connectivity index (χ4v) is 4.02. The van der Waals surface area contributed by atoms with E-state index >= 15 is 0 Å². The minimum Gasteiger partial charge on any atom is -0.497 e. The van der Waals surface area contributed by atoms with Crippen LogP contribution in [-0.4, -0.2) is 40.8 Å². The highest BCUT2D eigenvalue weighted by atomic mass is 32.2. The van der Waals surface area contributed by atoms with Gasteiger partial charge in [0.25, 0.3) is 5.91 Å².